The van der Waals surface area contributed by atoms with Crippen LogP contribution in [0.1, 0.15) is 5.82 Å². The Balaban J connectivity index is 1.90. The van der Waals surface area contributed by atoms with E-state index in [0.717, 1.165) is 15.7 Å². The summed E-state index contributed by atoms with van der Waals surface area (Å²) in [6.07, 6.45) is -2.59. The first-order valence-electron chi connectivity index (χ1n) is 8.26. The van der Waals surface area contributed by atoms with Gasteiger partial charge in [0.1, 0.15) is 0 Å². The zero-order chi connectivity index (χ0) is 19.0. The molecule has 0 aliphatic carbocycles. The molecular formula is C21H15F3N2S. The summed E-state index contributed by atoms with van der Waals surface area (Å²) in [7, 11) is 0. The van der Waals surface area contributed by atoms with Gasteiger partial charge in [-0.3, -0.25) is 0 Å². The van der Waals surface area contributed by atoms with E-state index in [0.29, 0.717) is 22.5 Å². The highest BCUT2D eigenvalue weighted by Crippen LogP contribution is 2.37. The topological polar surface area (TPSA) is 28.7 Å². The van der Waals surface area contributed by atoms with E-state index >= 15 is 0 Å². The highest BCUT2D eigenvalue weighted by molar-refractivity contribution is 7.98. The molecule has 136 valence electrons. The van der Waals surface area contributed by atoms with Gasteiger partial charge in [-0.2, -0.15) is 13.2 Å². The molecule has 0 bridgehead atoms. The Bertz CT molecular complexity index is 1100. The van der Waals surface area contributed by atoms with Gasteiger partial charge in [-0.1, -0.05) is 48.5 Å². The van der Waals surface area contributed by atoms with Crippen molar-refractivity contribution in [3.05, 3.63) is 72.6 Å². The molecule has 0 atom stereocenters. The van der Waals surface area contributed by atoms with Crippen LogP contribution in [0.25, 0.3) is 33.3 Å². The highest BCUT2D eigenvalue weighted by atomic mass is 32.2. The third-order valence-corrected chi connectivity index (χ3v) is 5.12. The van der Waals surface area contributed by atoms with Gasteiger partial charge in [0, 0.05) is 16.0 Å². The fourth-order valence-corrected chi connectivity index (χ4v) is 3.43. The van der Waals surface area contributed by atoms with Gasteiger partial charge in [0.05, 0.1) is 11.4 Å². The van der Waals surface area contributed by atoms with Crippen molar-refractivity contribution in [1.82, 2.24) is 9.97 Å². The standard InChI is InChI=1S/C21H15F3N2S/c1-27-17-10-8-14(9-11-17)18-19(26-20(25-18)21(22,23)24)16-7-6-13-4-2-3-5-15(13)12-16/h2-12H,1H3,(H,25,26). The van der Waals surface area contributed by atoms with E-state index < -0.39 is 12.0 Å². The molecule has 4 aromatic rings. The summed E-state index contributed by atoms with van der Waals surface area (Å²) >= 11 is 1.58. The summed E-state index contributed by atoms with van der Waals surface area (Å²) < 4.78 is 39.9. The van der Waals surface area contributed by atoms with Crippen LogP contribution in [0, 0.1) is 0 Å². The molecule has 0 aliphatic rings. The molecule has 27 heavy (non-hydrogen) atoms. The number of alkyl halides is 3. The number of imidazole rings is 1. The predicted octanol–water partition coefficient (Wildman–Crippen LogP) is 6.64. The lowest BCUT2D eigenvalue weighted by molar-refractivity contribution is -0.144. The number of benzene rings is 3. The Hall–Kier alpha value is -2.73. The average Bonchev–Trinajstić information content (AvgIpc) is 3.13. The number of aromatic nitrogens is 2. The van der Waals surface area contributed by atoms with Crippen LogP contribution in [0.3, 0.4) is 0 Å². The summed E-state index contributed by atoms with van der Waals surface area (Å²) in [6.45, 7) is 0. The van der Waals surface area contributed by atoms with E-state index in [1.54, 1.807) is 17.8 Å². The molecule has 4 rings (SSSR count). The van der Waals surface area contributed by atoms with Crippen LogP contribution in [0.4, 0.5) is 13.2 Å². The second-order valence-corrected chi connectivity index (χ2v) is 6.98. The molecule has 0 saturated heterocycles. The van der Waals surface area contributed by atoms with E-state index in [-0.39, 0.29) is 0 Å². The molecule has 2 nitrogen and oxygen atoms in total. The lowest BCUT2D eigenvalue weighted by Gasteiger charge is -2.06. The number of fused-ring (bicyclic) bond motifs is 1. The molecule has 3 aromatic carbocycles. The third kappa shape index (κ3) is 3.45. The average molecular weight is 384 g/mol. The van der Waals surface area contributed by atoms with Crippen molar-refractivity contribution in [3.8, 4) is 22.5 Å². The zero-order valence-corrected chi connectivity index (χ0v) is 15.2. The van der Waals surface area contributed by atoms with Gasteiger partial charge in [-0.05, 0) is 35.2 Å². The van der Waals surface area contributed by atoms with Gasteiger partial charge in [0.2, 0.25) is 5.82 Å². The molecule has 0 unspecified atom stereocenters. The molecule has 0 fully saturated rings. The lowest BCUT2D eigenvalue weighted by Crippen LogP contribution is -2.07. The fourth-order valence-electron chi connectivity index (χ4n) is 3.02. The van der Waals surface area contributed by atoms with Crippen molar-refractivity contribution in [2.24, 2.45) is 0 Å². The number of nitrogens with zero attached hydrogens (tertiary/aromatic N) is 1. The number of hydrogen-bond donors (Lipinski definition) is 1. The molecule has 0 aliphatic heterocycles. The van der Waals surface area contributed by atoms with Crippen molar-refractivity contribution in [2.75, 3.05) is 6.26 Å². The number of rotatable bonds is 3. The van der Waals surface area contributed by atoms with Gasteiger partial charge in [0.25, 0.3) is 0 Å². The van der Waals surface area contributed by atoms with Crippen LogP contribution in [-0.2, 0) is 6.18 Å². The van der Waals surface area contributed by atoms with Gasteiger partial charge < -0.3 is 4.98 Å². The number of hydrogen-bond acceptors (Lipinski definition) is 2. The number of halogens is 3. The van der Waals surface area contributed by atoms with Gasteiger partial charge in [-0.25, -0.2) is 4.98 Å². The summed E-state index contributed by atoms with van der Waals surface area (Å²) in [4.78, 5) is 7.41. The van der Waals surface area contributed by atoms with Crippen LogP contribution >= 0.6 is 11.8 Å². The molecular weight excluding hydrogens is 369 g/mol. The lowest BCUT2D eigenvalue weighted by atomic mass is 10.0. The smallest absolute Gasteiger partial charge is 0.334 e. The van der Waals surface area contributed by atoms with Crippen molar-refractivity contribution in [3.63, 3.8) is 0 Å². The van der Waals surface area contributed by atoms with E-state index in [2.05, 4.69) is 9.97 Å². The monoisotopic (exact) mass is 384 g/mol. The number of nitrogens with one attached hydrogen (secondary N) is 1. The summed E-state index contributed by atoms with van der Waals surface area (Å²) in [5, 5.41) is 1.98. The predicted molar refractivity (Wildman–Crippen MR) is 104 cm³/mol. The normalized spacial score (nSPS) is 11.9. The Kier molecular flexibility index (Phi) is 4.44. The van der Waals surface area contributed by atoms with Crippen molar-refractivity contribution in [1.29, 1.82) is 0 Å². The maximum atomic E-state index is 13.3. The molecule has 0 radical (unpaired) electrons. The highest BCUT2D eigenvalue weighted by Gasteiger charge is 2.36. The first-order chi connectivity index (χ1) is 13.0. The maximum absolute atomic E-state index is 13.3. The van der Waals surface area contributed by atoms with Crippen molar-refractivity contribution in [2.45, 2.75) is 11.1 Å². The number of H-pyrrole nitrogens is 1. The zero-order valence-electron chi connectivity index (χ0n) is 14.3. The first kappa shape index (κ1) is 17.7. The Labute approximate surface area is 158 Å². The van der Waals surface area contributed by atoms with Crippen LogP contribution < -0.4 is 0 Å². The molecule has 6 heteroatoms. The van der Waals surface area contributed by atoms with Crippen LogP contribution in [0.15, 0.2) is 71.6 Å². The number of thioether (sulfide) groups is 1. The van der Waals surface area contributed by atoms with Gasteiger partial charge in [-0.15, -0.1) is 11.8 Å². The maximum Gasteiger partial charge on any atom is 0.449 e. The molecule has 0 saturated carbocycles. The molecule has 1 heterocycles. The molecule has 1 aromatic heterocycles. The molecule has 0 amide bonds. The fraction of sp³-hybridized carbons (Fsp3) is 0.0952. The van der Waals surface area contributed by atoms with Crippen LogP contribution in [0.5, 0.6) is 0 Å². The van der Waals surface area contributed by atoms with Gasteiger partial charge in [0.15, 0.2) is 0 Å². The quantitative estimate of drug-likeness (QED) is 0.401. The van der Waals surface area contributed by atoms with E-state index in [9.17, 15) is 13.2 Å². The Morgan fingerprint density at radius 1 is 0.852 bits per heavy atom. The van der Waals surface area contributed by atoms with E-state index in [4.69, 9.17) is 0 Å². The minimum absolute atomic E-state index is 0.296. The number of aromatic amines is 1. The van der Waals surface area contributed by atoms with Crippen LogP contribution in [0.2, 0.25) is 0 Å². The Morgan fingerprint density at radius 3 is 2.19 bits per heavy atom. The van der Waals surface area contributed by atoms with Crippen molar-refractivity contribution < 1.29 is 13.2 Å². The Morgan fingerprint density at radius 2 is 1.52 bits per heavy atom. The summed E-state index contributed by atoms with van der Waals surface area (Å²) in [6, 6.07) is 20.7. The van der Waals surface area contributed by atoms with E-state index in [1.165, 1.54) is 0 Å². The van der Waals surface area contributed by atoms with Gasteiger partial charge >= 0.3 is 6.18 Å². The molecule has 1 N–H and O–H groups in total. The van der Waals surface area contributed by atoms with Crippen molar-refractivity contribution >= 4 is 22.5 Å². The second kappa shape index (κ2) is 6.78. The third-order valence-electron chi connectivity index (χ3n) is 4.37. The molecule has 0 spiro atoms. The van der Waals surface area contributed by atoms with Crippen LogP contribution in [-0.4, -0.2) is 16.2 Å². The minimum Gasteiger partial charge on any atom is -0.334 e. The first-order valence-corrected chi connectivity index (χ1v) is 9.49. The summed E-state index contributed by atoms with van der Waals surface area (Å²) in [5.41, 5.74) is 1.97. The summed E-state index contributed by atoms with van der Waals surface area (Å²) in [5.74, 6) is -0.991. The largest absolute Gasteiger partial charge is 0.449 e. The second-order valence-electron chi connectivity index (χ2n) is 6.10. The SMILES string of the molecule is CSc1ccc(-c2[nH]c(C(F)(F)F)nc2-c2ccc3ccccc3c2)cc1. The minimum atomic E-state index is -4.54. The van der Waals surface area contributed by atoms with E-state index in [1.807, 2.05) is 66.9 Å².